The van der Waals surface area contributed by atoms with Crippen LogP contribution in [0.2, 0.25) is 23.4 Å². The average Bonchev–Trinajstić information content (AvgIpc) is 2.78. The predicted octanol–water partition coefficient (Wildman–Crippen LogP) is -3.02. The van der Waals surface area contributed by atoms with E-state index in [1.165, 1.54) is 22.3 Å². The first-order valence-electron chi connectivity index (χ1n) is 8.15. The number of hydrogen-bond donors (Lipinski definition) is 0. The number of aryl methyl sites for hydroxylation is 2. The van der Waals surface area contributed by atoms with E-state index in [2.05, 4.69) is 105 Å². The van der Waals surface area contributed by atoms with E-state index in [0.717, 1.165) is 0 Å². The number of hydrogen-bond acceptors (Lipinski definition) is 0. The fourth-order valence-corrected chi connectivity index (χ4v) is 5.58. The molecule has 0 nitrogen and oxygen atoms in total. The minimum atomic E-state index is -1.26. The van der Waals surface area contributed by atoms with Crippen LogP contribution in [0.15, 0.2) is 35.6 Å². The van der Waals surface area contributed by atoms with E-state index in [1.54, 1.807) is 5.20 Å². The van der Waals surface area contributed by atoms with Crippen molar-refractivity contribution in [2.75, 3.05) is 0 Å². The summed E-state index contributed by atoms with van der Waals surface area (Å²) in [6.45, 7) is 18.9. The van der Waals surface area contributed by atoms with Crippen molar-refractivity contribution in [2.45, 2.75) is 63.4 Å². The third kappa shape index (κ3) is 5.06. The summed E-state index contributed by atoms with van der Waals surface area (Å²) in [5.41, 5.74) is 5.87. The predicted molar refractivity (Wildman–Crippen MR) is 96.9 cm³/mol. The van der Waals surface area contributed by atoms with Gasteiger partial charge in [0, 0.05) is 0 Å². The summed E-state index contributed by atoms with van der Waals surface area (Å²) in [5.74, 6) is 0. The van der Waals surface area contributed by atoms with Crippen molar-refractivity contribution in [1.29, 1.82) is 0 Å². The molecule has 1 aromatic rings. The van der Waals surface area contributed by atoms with Crippen molar-refractivity contribution in [2.24, 2.45) is 0 Å². The Kier molecular flexibility index (Phi) is 10.1. The molecule has 1 aliphatic carbocycles. The maximum Gasteiger partial charge on any atom is -1.00 e. The number of rotatable bonds is 3. The van der Waals surface area contributed by atoms with Gasteiger partial charge in [0.25, 0.3) is 0 Å². The Morgan fingerprint density at radius 3 is 1.84 bits per heavy atom. The van der Waals surface area contributed by atoms with Gasteiger partial charge < -0.3 is 37.2 Å². The summed E-state index contributed by atoms with van der Waals surface area (Å²) in [5, 5.41) is 1.59. The average molecular weight is 452 g/mol. The second-order valence-corrected chi connectivity index (χ2v) is 14.7. The van der Waals surface area contributed by atoms with Gasteiger partial charge in [-0.15, -0.1) is 0 Å². The molecule has 0 amide bonds. The molecule has 1 aliphatic rings. The number of halogens is 3. The first-order chi connectivity index (χ1) is 9.90. The maximum absolute atomic E-state index is 2.56. The number of benzene rings is 1. The minimum Gasteiger partial charge on any atom is -1.00 e. The molecule has 25 heavy (non-hydrogen) atoms. The zero-order valence-corrected chi connectivity index (χ0v) is 21.3. The Hall–Kier alpha value is 0.501. The monoisotopic (exact) mass is 450 g/mol. The van der Waals surface area contributed by atoms with Crippen molar-refractivity contribution in [3.8, 4) is 0 Å². The van der Waals surface area contributed by atoms with Crippen LogP contribution in [-0.2, 0) is 25.9 Å². The van der Waals surface area contributed by atoms with Gasteiger partial charge in [0.05, 0.1) is 0 Å². The molecule has 0 aliphatic heterocycles. The van der Waals surface area contributed by atoms with Gasteiger partial charge >= 0.3 is 150 Å². The Bertz CT molecular complexity index is 672. The van der Waals surface area contributed by atoms with Crippen LogP contribution in [0.3, 0.4) is 0 Å². The van der Waals surface area contributed by atoms with Crippen LogP contribution in [-0.4, -0.2) is 8.07 Å². The molecule has 0 saturated carbocycles. The molecule has 0 radical (unpaired) electrons. The van der Waals surface area contributed by atoms with Crippen molar-refractivity contribution >= 4 is 8.07 Å². The fraction of sp³-hybridized carbons (Fsp3) is 0.500. The molecule has 1 aromatic carbocycles. The maximum atomic E-state index is 2.56. The van der Waals surface area contributed by atoms with Crippen LogP contribution < -0.4 is 37.2 Å². The molecule has 0 spiro atoms. The zero-order chi connectivity index (χ0) is 16.9. The molecule has 0 bridgehead atoms. The summed E-state index contributed by atoms with van der Waals surface area (Å²) in [6.07, 6.45) is 7.40. The molecular formula is C20H29Cl3SiTi. The Morgan fingerprint density at radius 1 is 0.920 bits per heavy atom. The van der Waals surface area contributed by atoms with Gasteiger partial charge in [0.1, 0.15) is 0 Å². The van der Waals surface area contributed by atoms with Crippen LogP contribution in [0.1, 0.15) is 36.1 Å². The normalized spacial score (nSPS) is 19.5. The Balaban J connectivity index is 0. The van der Waals surface area contributed by atoms with E-state index in [9.17, 15) is 0 Å². The van der Waals surface area contributed by atoms with Crippen LogP contribution >= 0.6 is 0 Å². The van der Waals surface area contributed by atoms with Gasteiger partial charge in [0.2, 0.25) is 0 Å². The van der Waals surface area contributed by atoms with E-state index in [-0.39, 0.29) is 46.4 Å². The summed E-state index contributed by atoms with van der Waals surface area (Å²) in [7, 11) is -1.26. The standard InChI is InChI=1S/C20H29Si.3ClH.Ti/c1-14-9-10-15(2)19(16(14)3)20(4,5)17-11-12-18(13-17)21(6,7)8;;;;/h9-13H,1-8H3;3*1H;/q;;;;+3/p-3. The van der Waals surface area contributed by atoms with Gasteiger partial charge in [-0.2, -0.15) is 0 Å². The van der Waals surface area contributed by atoms with Gasteiger partial charge in [0.15, 0.2) is 0 Å². The molecular weight excluding hydrogens is 423 g/mol. The second-order valence-electron chi connectivity index (χ2n) is 8.38. The van der Waals surface area contributed by atoms with Gasteiger partial charge in [-0.3, -0.25) is 0 Å². The first-order valence-corrected chi connectivity index (χ1v) is 12.4. The molecule has 1 unspecified atom stereocenters. The smallest absolute Gasteiger partial charge is 1.00 e. The molecule has 1 atom stereocenters. The fourth-order valence-electron chi connectivity index (χ4n) is 3.54. The third-order valence-electron chi connectivity index (χ3n) is 5.38. The van der Waals surface area contributed by atoms with E-state index < -0.39 is 8.07 Å². The van der Waals surface area contributed by atoms with E-state index in [4.69, 9.17) is 0 Å². The Morgan fingerprint density at radius 2 is 1.40 bits per heavy atom. The van der Waals surface area contributed by atoms with Crippen LogP contribution in [0, 0.1) is 20.8 Å². The molecule has 138 valence electrons. The van der Waals surface area contributed by atoms with E-state index in [0.29, 0.717) is 0 Å². The summed E-state index contributed by atoms with van der Waals surface area (Å²) in [6, 6.07) is 4.53. The third-order valence-corrected chi connectivity index (χ3v) is 8.88. The summed E-state index contributed by atoms with van der Waals surface area (Å²) in [4.78, 5) is 0. The van der Waals surface area contributed by atoms with E-state index >= 15 is 0 Å². The van der Waals surface area contributed by atoms with Crippen LogP contribution in [0.25, 0.3) is 0 Å². The molecule has 0 heterocycles. The summed E-state index contributed by atoms with van der Waals surface area (Å²) >= 11 is 2.40. The molecule has 0 N–H and O–H groups in total. The molecule has 0 aromatic heterocycles. The zero-order valence-electron chi connectivity index (χ0n) is 16.5. The van der Waals surface area contributed by atoms with Gasteiger partial charge in [-0.05, 0) is 0 Å². The SMILES string of the molecule is Cc1ccc(C)c(C(C)(C)[C]2([Ti+3])C=CC([Si](C)(C)C)=C2)c1C.[Cl-].[Cl-].[Cl-]. The number of allylic oxidation sites excluding steroid dienone is 4. The van der Waals surface area contributed by atoms with Crippen LogP contribution in [0.4, 0.5) is 0 Å². The largest absolute Gasteiger partial charge is 1.00 e. The van der Waals surface area contributed by atoms with Crippen molar-refractivity contribution in [3.63, 3.8) is 0 Å². The molecule has 0 fully saturated rings. The second kappa shape index (κ2) is 9.13. The van der Waals surface area contributed by atoms with Crippen LogP contribution in [0.5, 0.6) is 0 Å². The van der Waals surface area contributed by atoms with E-state index in [1.807, 2.05) is 0 Å². The van der Waals surface area contributed by atoms with Gasteiger partial charge in [-0.25, -0.2) is 0 Å². The Labute approximate surface area is 186 Å². The first kappa shape index (κ1) is 27.7. The molecule has 2 rings (SSSR count). The topological polar surface area (TPSA) is 0 Å². The quantitative estimate of drug-likeness (QED) is 0.429. The van der Waals surface area contributed by atoms with Crippen molar-refractivity contribution in [1.82, 2.24) is 0 Å². The van der Waals surface area contributed by atoms with Gasteiger partial charge in [-0.1, -0.05) is 0 Å². The molecule has 5 heteroatoms. The van der Waals surface area contributed by atoms with Crippen molar-refractivity contribution < 1.29 is 57.7 Å². The summed E-state index contributed by atoms with van der Waals surface area (Å²) < 4.78 is 0.0892. The van der Waals surface area contributed by atoms with Crippen molar-refractivity contribution in [3.05, 3.63) is 57.8 Å². The molecule has 0 saturated heterocycles. The minimum absolute atomic E-state index is 0.